The van der Waals surface area contributed by atoms with Gasteiger partial charge in [0.25, 0.3) is 0 Å². The van der Waals surface area contributed by atoms with E-state index < -0.39 is 11.9 Å². The van der Waals surface area contributed by atoms with Crippen molar-refractivity contribution in [3.05, 3.63) is 57.1 Å². The van der Waals surface area contributed by atoms with Crippen molar-refractivity contribution in [1.82, 2.24) is 0 Å². The van der Waals surface area contributed by atoms with Gasteiger partial charge >= 0.3 is 5.97 Å². The number of esters is 1. The molecule has 0 aromatic heterocycles. The van der Waals surface area contributed by atoms with Crippen LogP contribution in [0.5, 0.6) is 0 Å². The average molecular weight is 333 g/mol. The first-order valence-corrected chi connectivity index (χ1v) is 7.50. The van der Waals surface area contributed by atoms with Gasteiger partial charge in [-0.05, 0) is 38.0 Å². The highest BCUT2D eigenvalue weighted by molar-refractivity contribution is 6.31. The molecular weight excluding hydrogens is 316 g/mol. The smallest absolute Gasteiger partial charge is 0.338 e. The zero-order chi connectivity index (χ0) is 17.1. The van der Waals surface area contributed by atoms with Crippen LogP contribution in [0.1, 0.15) is 30.9 Å². The van der Waals surface area contributed by atoms with Crippen LogP contribution in [0.4, 0.5) is 0 Å². The third-order valence-corrected chi connectivity index (χ3v) is 4.04. The van der Waals surface area contributed by atoms with Crippen molar-refractivity contribution in [3.63, 3.8) is 0 Å². The lowest BCUT2D eigenvalue weighted by Crippen LogP contribution is -2.25. The molecule has 5 nitrogen and oxygen atoms in total. The van der Waals surface area contributed by atoms with Crippen LogP contribution in [0.25, 0.3) is 0 Å². The molecule has 6 heteroatoms. The minimum Gasteiger partial charge on any atom is -0.463 e. The van der Waals surface area contributed by atoms with Gasteiger partial charge in [-0.25, -0.2) is 4.79 Å². The summed E-state index contributed by atoms with van der Waals surface area (Å²) in [5, 5.41) is 10.0. The lowest BCUT2D eigenvalue weighted by molar-refractivity contribution is -0.139. The maximum Gasteiger partial charge on any atom is 0.338 e. The zero-order valence-electron chi connectivity index (χ0n) is 13.1. The van der Waals surface area contributed by atoms with E-state index in [9.17, 15) is 10.1 Å². The van der Waals surface area contributed by atoms with E-state index in [4.69, 9.17) is 26.8 Å². The maximum atomic E-state index is 12.3. The number of rotatable bonds is 3. The first-order chi connectivity index (χ1) is 10.9. The van der Waals surface area contributed by atoms with E-state index >= 15 is 0 Å². The molecule has 2 N–H and O–H groups in total. The number of hydrogen-bond donors (Lipinski definition) is 1. The quantitative estimate of drug-likeness (QED) is 0.858. The van der Waals surface area contributed by atoms with Gasteiger partial charge in [0.15, 0.2) is 0 Å². The molecule has 120 valence electrons. The van der Waals surface area contributed by atoms with Gasteiger partial charge in [0.1, 0.15) is 17.4 Å². The molecular formula is C17H17ClN2O3. The molecule has 1 aromatic rings. The Morgan fingerprint density at radius 2 is 2.17 bits per heavy atom. The van der Waals surface area contributed by atoms with Crippen molar-refractivity contribution in [1.29, 1.82) is 5.26 Å². The molecule has 1 heterocycles. The summed E-state index contributed by atoms with van der Waals surface area (Å²) in [5.41, 5.74) is 7.84. The molecule has 0 bridgehead atoms. The highest BCUT2D eigenvalue weighted by atomic mass is 35.5. The molecule has 23 heavy (non-hydrogen) atoms. The van der Waals surface area contributed by atoms with Crippen molar-refractivity contribution in [2.24, 2.45) is 5.73 Å². The van der Waals surface area contributed by atoms with Crippen LogP contribution in [-0.4, -0.2) is 12.6 Å². The van der Waals surface area contributed by atoms with Crippen molar-refractivity contribution in [2.75, 3.05) is 6.61 Å². The number of nitrogens with zero attached hydrogens (tertiary/aromatic N) is 1. The minimum absolute atomic E-state index is 0.0141. The molecule has 0 saturated carbocycles. The van der Waals surface area contributed by atoms with Gasteiger partial charge in [0.2, 0.25) is 5.88 Å². The van der Waals surface area contributed by atoms with Crippen LogP contribution in [0.3, 0.4) is 0 Å². The van der Waals surface area contributed by atoms with Crippen LogP contribution >= 0.6 is 11.6 Å². The Balaban J connectivity index is 2.64. The number of halogens is 1. The largest absolute Gasteiger partial charge is 0.463 e. The third kappa shape index (κ3) is 3.17. The first-order valence-electron chi connectivity index (χ1n) is 7.12. The predicted octanol–water partition coefficient (Wildman–Crippen LogP) is 3.29. The topological polar surface area (TPSA) is 85.3 Å². The van der Waals surface area contributed by atoms with Crippen LogP contribution in [0.2, 0.25) is 5.02 Å². The number of hydrogen-bond acceptors (Lipinski definition) is 5. The van der Waals surface area contributed by atoms with E-state index in [1.54, 1.807) is 19.9 Å². The van der Waals surface area contributed by atoms with Gasteiger partial charge < -0.3 is 15.2 Å². The molecule has 0 aliphatic carbocycles. The van der Waals surface area contributed by atoms with Crippen molar-refractivity contribution >= 4 is 17.6 Å². The summed E-state index contributed by atoms with van der Waals surface area (Å²) in [7, 11) is 0. The molecule has 0 saturated heterocycles. The average Bonchev–Trinajstić information content (AvgIpc) is 2.49. The molecule has 0 fully saturated rings. The number of ether oxygens (including phenoxy) is 2. The number of nitrogens with two attached hydrogens (primary N) is 1. The fourth-order valence-corrected chi connectivity index (χ4v) is 2.67. The van der Waals surface area contributed by atoms with E-state index in [1.165, 1.54) is 0 Å². The van der Waals surface area contributed by atoms with E-state index in [0.717, 1.165) is 5.56 Å². The number of allylic oxidation sites excluding steroid dienone is 2. The normalized spacial score (nSPS) is 17.6. The lowest BCUT2D eigenvalue weighted by atomic mass is 9.83. The SMILES string of the molecule is CCOC(=O)C1=C(C)OC(N)=C(C#N)C1c1ccc(C)c(Cl)c1. The molecule has 1 atom stereocenters. The summed E-state index contributed by atoms with van der Waals surface area (Å²) < 4.78 is 10.5. The van der Waals surface area contributed by atoms with Crippen molar-refractivity contribution in [2.45, 2.75) is 26.7 Å². The second-order valence-electron chi connectivity index (χ2n) is 5.12. The molecule has 1 unspecified atom stereocenters. The highest BCUT2D eigenvalue weighted by Crippen LogP contribution is 2.40. The summed E-state index contributed by atoms with van der Waals surface area (Å²) in [4.78, 5) is 12.3. The van der Waals surface area contributed by atoms with Gasteiger partial charge in [-0.1, -0.05) is 23.7 Å². The van der Waals surface area contributed by atoms with Gasteiger partial charge in [-0.2, -0.15) is 5.26 Å². The van der Waals surface area contributed by atoms with Crippen LogP contribution in [0, 0.1) is 18.3 Å². The van der Waals surface area contributed by atoms with Gasteiger partial charge in [-0.3, -0.25) is 0 Å². The Labute approximate surface area is 139 Å². The molecule has 1 aliphatic rings. The second-order valence-corrected chi connectivity index (χ2v) is 5.53. The first kappa shape index (κ1) is 16.9. The Morgan fingerprint density at radius 1 is 1.48 bits per heavy atom. The van der Waals surface area contributed by atoms with Crippen LogP contribution < -0.4 is 5.73 Å². The van der Waals surface area contributed by atoms with E-state index in [-0.39, 0.29) is 23.6 Å². The fraction of sp³-hybridized carbons (Fsp3) is 0.294. The third-order valence-electron chi connectivity index (χ3n) is 3.63. The van der Waals surface area contributed by atoms with Crippen molar-refractivity contribution in [3.8, 4) is 6.07 Å². The molecule has 1 aliphatic heterocycles. The molecule has 0 amide bonds. The number of benzene rings is 1. The molecule has 2 rings (SSSR count). The van der Waals surface area contributed by atoms with Gasteiger partial charge in [0, 0.05) is 5.02 Å². The highest BCUT2D eigenvalue weighted by Gasteiger charge is 2.36. The summed E-state index contributed by atoms with van der Waals surface area (Å²) in [6, 6.07) is 7.40. The summed E-state index contributed by atoms with van der Waals surface area (Å²) in [6.45, 7) is 5.43. The Hall–Kier alpha value is -2.45. The standard InChI is InChI=1S/C17H17ClN2O3/c1-4-22-17(21)14-10(3)23-16(20)12(8-19)15(14)11-6-5-9(2)13(18)7-11/h5-7,15H,4,20H2,1-3H3. The van der Waals surface area contributed by atoms with Crippen molar-refractivity contribution < 1.29 is 14.3 Å². The molecule has 1 aromatic carbocycles. The van der Waals surface area contributed by atoms with Crippen LogP contribution in [-0.2, 0) is 14.3 Å². The summed E-state index contributed by atoms with van der Waals surface area (Å²) >= 11 is 6.19. The summed E-state index contributed by atoms with van der Waals surface area (Å²) in [5.74, 6) is -0.890. The number of nitriles is 1. The maximum absolute atomic E-state index is 12.3. The molecule has 0 spiro atoms. The van der Waals surface area contributed by atoms with E-state index in [2.05, 4.69) is 0 Å². The molecule has 0 radical (unpaired) electrons. The van der Waals surface area contributed by atoms with Crippen LogP contribution in [0.15, 0.2) is 41.0 Å². The fourth-order valence-electron chi connectivity index (χ4n) is 2.48. The zero-order valence-corrected chi connectivity index (χ0v) is 13.9. The monoisotopic (exact) mass is 332 g/mol. The lowest BCUT2D eigenvalue weighted by Gasteiger charge is -2.27. The Bertz CT molecular complexity index is 760. The number of carbonyl (C=O) groups excluding carboxylic acids is 1. The minimum atomic E-state index is -0.661. The Kier molecular flexibility index (Phi) is 4.97. The second kappa shape index (κ2) is 6.76. The van der Waals surface area contributed by atoms with E-state index in [1.807, 2.05) is 25.1 Å². The van der Waals surface area contributed by atoms with Gasteiger partial charge in [-0.15, -0.1) is 0 Å². The number of carbonyl (C=O) groups is 1. The number of aryl methyl sites for hydroxylation is 1. The summed E-state index contributed by atoms with van der Waals surface area (Å²) in [6.07, 6.45) is 0. The van der Waals surface area contributed by atoms with E-state index in [0.29, 0.717) is 16.3 Å². The van der Waals surface area contributed by atoms with Gasteiger partial charge in [0.05, 0.1) is 18.1 Å². The predicted molar refractivity (Wildman–Crippen MR) is 86.2 cm³/mol. The Morgan fingerprint density at radius 3 is 2.74 bits per heavy atom.